The lowest BCUT2D eigenvalue weighted by atomic mass is 10.2. The summed E-state index contributed by atoms with van der Waals surface area (Å²) in [4.78, 5) is 11.9. The van der Waals surface area contributed by atoms with Crippen molar-refractivity contribution >= 4 is 23.2 Å². The lowest BCUT2D eigenvalue weighted by molar-refractivity contribution is -0.124. The van der Waals surface area contributed by atoms with Gasteiger partial charge in [-0.05, 0) is 37.0 Å². The largest absolute Gasteiger partial charge is 0.492 e. The smallest absolute Gasteiger partial charge is 0.253 e. The number of hydrogen-bond acceptors (Lipinski definition) is 3. The molecule has 0 radical (unpaired) electrons. The van der Waals surface area contributed by atoms with E-state index in [-0.39, 0.29) is 12.0 Å². The van der Waals surface area contributed by atoms with Gasteiger partial charge in [-0.2, -0.15) is 0 Å². The van der Waals surface area contributed by atoms with Crippen molar-refractivity contribution in [2.75, 3.05) is 18.5 Å². The van der Waals surface area contributed by atoms with Gasteiger partial charge in [-0.1, -0.05) is 25.4 Å². The normalized spacial score (nSPS) is 18.3. The third-order valence-electron chi connectivity index (χ3n) is 2.99. The number of rotatable bonds is 5. The van der Waals surface area contributed by atoms with Gasteiger partial charge in [0.2, 0.25) is 0 Å². The Kier molecular flexibility index (Phi) is 5.26. The van der Waals surface area contributed by atoms with Gasteiger partial charge < -0.3 is 14.8 Å². The van der Waals surface area contributed by atoms with E-state index in [0.29, 0.717) is 35.6 Å². The van der Waals surface area contributed by atoms with Gasteiger partial charge >= 0.3 is 0 Å². The highest BCUT2D eigenvalue weighted by atomic mass is 35.5. The molecule has 110 valence electrons. The van der Waals surface area contributed by atoms with E-state index in [4.69, 9.17) is 21.1 Å². The van der Waals surface area contributed by atoms with Crippen LogP contribution in [0.2, 0.25) is 5.02 Å². The Bertz CT molecular complexity index is 470. The second kappa shape index (κ2) is 6.95. The van der Waals surface area contributed by atoms with Crippen LogP contribution in [0, 0.1) is 5.92 Å². The summed E-state index contributed by atoms with van der Waals surface area (Å²) >= 11 is 6.15. The maximum Gasteiger partial charge on any atom is 0.253 e. The summed E-state index contributed by atoms with van der Waals surface area (Å²) in [5, 5.41) is 3.31. The molecule has 0 unspecified atom stereocenters. The first kappa shape index (κ1) is 15.1. The highest BCUT2D eigenvalue weighted by Gasteiger charge is 2.23. The molecule has 0 bridgehead atoms. The van der Waals surface area contributed by atoms with Crippen molar-refractivity contribution in [1.29, 1.82) is 0 Å². The molecule has 2 rings (SSSR count). The summed E-state index contributed by atoms with van der Waals surface area (Å²) < 4.78 is 10.9. The van der Waals surface area contributed by atoms with Crippen LogP contribution in [0.5, 0.6) is 5.75 Å². The van der Waals surface area contributed by atoms with Crippen molar-refractivity contribution < 1.29 is 14.3 Å². The van der Waals surface area contributed by atoms with Crippen LogP contribution >= 0.6 is 11.6 Å². The number of ether oxygens (including phenoxy) is 2. The van der Waals surface area contributed by atoms with Gasteiger partial charge in [0.05, 0.1) is 11.6 Å². The monoisotopic (exact) mass is 297 g/mol. The SMILES string of the molecule is CC(C)COc1ccc(NC(=O)[C@@H]2CCCO2)cc1Cl. The molecule has 1 fully saturated rings. The Hall–Kier alpha value is -1.26. The third-order valence-corrected chi connectivity index (χ3v) is 3.29. The van der Waals surface area contributed by atoms with Crippen molar-refractivity contribution in [3.05, 3.63) is 23.2 Å². The number of nitrogens with one attached hydrogen (secondary N) is 1. The molecule has 1 saturated heterocycles. The van der Waals surface area contributed by atoms with Gasteiger partial charge in [-0.15, -0.1) is 0 Å². The highest BCUT2D eigenvalue weighted by molar-refractivity contribution is 6.32. The average molecular weight is 298 g/mol. The number of benzene rings is 1. The number of hydrogen-bond donors (Lipinski definition) is 1. The van der Waals surface area contributed by atoms with E-state index in [1.165, 1.54) is 0 Å². The van der Waals surface area contributed by atoms with Crippen LogP contribution in [0.4, 0.5) is 5.69 Å². The van der Waals surface area contributed by atoms with E-state index in [9.17, 15) is 4.79 Å². The third kappa shape index (κ3) is 4.12. The minimum absolute atomic E-state index is 0.116. The van der Waals surface area contributed by atoms with E-state index in [1.54, 1.807) is 18.2 Å². The van der Waals surface area contributed by atoms with Crippen molar-refractivity contribution in [2.45, 2.75) is 32.8 Å². The number of anilines is 1. The number of amides is 1. The molecular formula is C15H20ClNO3. The van der Waals surface area contributed by atoms with Crippen LogP contribution in [0.25, 0.3) is 0 Å². The summed E-state index contributed by atoms with van der Waals surface area (Å²) in [7, 11) is 0. The maximum atomic E-state index is 11.9. The molecule has 0 aromatic heterocycles. The first-order chi connectivity index (χ1) is 9.56. The fourth-order valence-corrected chi connectivity index (χ4v) is 2.19. The van der Waals surface area contributed by atoms with Gasteiger partial charge in [0, 0.05) is 12.3 Å². The minimum atomic E-state index is -0.342. The molecule has 0 spiro atoms. The van der Waals surface area contributed by atoms with Gasteiger partial charge in [0.15, 0.2) is 0 Å². The van der Waals surface area contributed by atoms with Crippen molar-refractivity contribution in [2.24, 2.45) is 5.92 Å². The van der Waals surface area contributed by atoms with E-state index in [0.717, 1.165) is 12.8 Å². The lowest BCUT2D eigenvalue weighted by Gasteiger charge is -2.13. The standard InChI is InChI=1S/C15H20ClNO3/c1-10(2)9-20-13-6-5-11(8-12(13)16)17-15(18)14-4-3-7-19-14/h5-6,8,10,14H,3-4,7,9H2,1-2H3,(H,17,18)/t14-/m0/s1. The number of carbonyl (C=O) groups excluding carboxylic acids is 1. The molecule has 0 aliphatic carbocycles. The number of halogens is 1. The summed E-state index contributed by atoms with van der Waals surface area (Å²) in [6.07, 6.45) is 1.36. The zero-order valence-corrected chi connectivity index (χ0v) is 12.6. The summed E-state index contributed by atoms with van der Waals surface area (Å²) in [6, 6.07) is 5.26. The molecule has 1 aromatic rings. The fraction of sp³-hybridized carbons (Fsp3) is 0.533. The predicted molar refractivity (Wildman–Crippen MR) is 79.4 cm³/mol. The van der Waals surface area contributed by atoms with Crippen LogP contribution in [-0.2, 0) is 9.53 Å². The van der Waals surface area contributed by atoms with E-state index in [2.05, 4.69) is 19.2 Å². The average Bonchev–Trinajstić information content (AvgIpc) is 2.91. The van der Waals surface area contributed by atoms with Crippen LogP contribution in [-0.4, -0.2) is 25.2 Å². The Labute approximate surface area is 124 Å². The molecular weight excluding hydrogens is 278 g/mol. The predicted octanol–water partition coefficient (Wildman–Crippen LogP) is 3.49. The van der Waals surface area contributed by atoms with Crippen molar-refractivity contribution in [3.8, 4) is 5.75 Å². The maximum absolute atomic E-state index is 11.9. The number of carbonyl (C=O) groups is 1. The molecule has 20 heavy (non-hydrogen) atoms. The summed E-state index contributed by atoms with van der Waals surface area (Å²) in [5.41, 5.74) is 0.660. The summed E-state index contributed by atoms with van der Waals surface area (Å²) in [5.74, 6) is 0.954. The van der Waals surface area contributed by atoms with E-state index >= 15 is 0 Å². The molecule has 1 amide bonds. The molecule has 4 nitrogen and oxygen atoms in total. The van der Waals surface area contributed by atoms with Gasteiger partial charge in [-0.3, -0.25) is 4.79 Å². The van der Waals surface area contributed by atoms with Crippen LogP contribution in [0.15, 0.2) is 18.2 Å². The quantitative estimate of drug-likeness (QED) is 0.905. The minimum Gasteiger partial charge on any atom is -0.492 e. The fourth-order valence-electron chi connectivity index (χ4n) is 1.96. The van der Waals surface area contributed by atoms with Gasteiger partial charge in [-0.25, -0.2) is 0 Å². The molecule has 0 saturated carbocycles. The molecule has 1 aromatic carbocycles. The second-order valence-corrected chi connectivity index (χ2v) is 5.75. The molecule has 1 N–H and O–H groups in total. The Balaban J connectivity index is 1.95. The summed E-state index contributed by atoms with van der Waals surface area (Å²) in [6.45, 7) is 5.41. The molecule has 1 heterocycles. The Morgan fingerprint density at radius 1 is 1.55 bits per heavy atom. The Morgan fingerprint density at radius 2 is 2.35 bits per heavy atom. The first-order valence-electron chi connectivity index (χ1n) is 6.91. The van der Waals surface area contributed by atoms with Gasteiger partial charge in [0.25, 0.3) is 5.91 Å². The van der Waals surface area contributed by atoms with Crippen molar-refractivity contribution in [1.82, 2.24) is 0 Å². The zero-order valence-electron chi connectivity index (χ0n) is 11.8. The molecule has 1 aliphatic heterocycles. The second-order valence-electron chi connectivity index (χ2n) is 5.34. The zero-order chi connectivity index (χ0) is 14.5. The molecule has 1 atom stereocenters. The van der Waals surface area contributed by atoms with Gasteiger partial charge in [0.1, 0.15) is 11.9 Å². The topological polar surface area (TPSA) is 47.6 Å². The van der Waals surface area contributed by atoms with Crippen LogP contribution in [0.1, 0.15) is 26.7 Å². The van der Waals surface area contributed by atoms with Crippen LogP contribution < -0.4 is 10.1 Å². The van der Waals surface area contributed by atoms with E-state index < -0.39 is 0 Å². The highest BCUT2D eigenvalue weighted by Crippen LogP contribution is 2.28. The lowest BCUT2D eigenvalue weighted by Crippen LogP contribution is -2.26. The van der Waals surface area contributed by atoms with Crippen LogP contribution in [0.3, 0.4) is 0 Å². The molecule has 5 heteroatoms. The molecule has 1 aliphatic rings. The van der Waals surface area contributed by atoms with Crippen molar-refractivity contribution in [3.63, 3.8) is 0 Å². The Morgan fingerprint density at radius 3 is 2.95 bits per heavy atom. The van der Waals surface area contributed by atoms with E-state index in [1.807, 2.05) is 0 Å². The first-order valence-corrected chi connectivity index (χ1v) is 7.29.